The van der Waals surface area contributed by atoms with Gasteiger partial charge in [0.15, 0.2) is 0 Å². The van der Waals surface area contributed by atoms with Gasteiger partial charge in [0.1, 0.15) is 11.6 Å². The molecule has 2 aromatic carbocycles. The topological polar surface area (TPSA) is 56.6 Å². The number of benzene rings is 2. The standard InChI is InChI=1S/C16H10N2O/c17-10-12-8-9-15(18-16(12)19)14-7-3-5-11-4-1-2-6-13(11)14/h1-9H,(H,18,19). The average molecular weight is 246 g/mol. The average Bonchev–Trinajstić information content (AvgIpc) is 2.46. The van der Waals surface area contributed by atoms with Crippen molar-refractivity contribution in [3.8, 4) is 17.3 Å². The molecule has 0 bridgehead atoms. The third kappa shape index (κ3) is 1.90. The van der Waals surface area contributed by atoms with Crippen LogP contribution in [0.3, 0.4) is 0 Å². The zero-order valence-electron chi connectivity index (χ0n) is 10.1. The SMILES string of the molecule is N#Cc1ccc(-c2cccc3ccccc23)[nH]c1=O. The second-order valence-electron chi connectivity index (χ2n) is 4.25. The number of fused-ring (bicyclic) bond motifs is 1. The fraction of sp³-hybridized carbons (Fsp3) is 0. The van der Waals surface area contributed by atoms with E-state index >= 15 is 0 Å². The molecule has 0 amide bonds. The van der Waals surface area contributed by atoms with Crippen LogP contribution in [0.25, 0.3) is 22.0 Å². The lowest BCUT2D eigenvalue weighted by Gasteiger charge is -2.06. The third-order valence-electron chi connectivity index (χ3n) is 3.11. The summed E-state index contributed by atoms with van der Waals surface area (Å²) in [7, 11) is 0. The lowest BCUT2D eigenvalue weighted by atomic mass is 10.0. The minimum atomic E-state index is -0.354. The molecule has 0 aliphatic rings. The fourth-order valence-corrected chi connectivity index (χ4v) is 2.18. The maximum absolute atomic E-state index is 11.7. The van der Waals surface area contributed by atoms with Gasteiger partial charge in [-0.05, 0) is 22.9 Å². The lowest BCUT2D eigenvalue weighted by molar-refractivity contribution is 1.22. The van der Waals surface area contributed by atoms with Crippen LogP contribution < -0.4 is 5.56 Å². The highest BCUT2D eigenvalue weighted by molar-refractivity contribution is 5.95. The van der Waals surface area contributed by atoms with E-state index in [-0.39, 0.29) is 11.1 Å². The number of nitriles is 1. The van der Waals surface area contributed by atoms with Crippen molar-refractivity contribution < 1.29 is 0 Å². The summed E-state index contributed by atoms with van der Waals surface area (Å²) in [6.07, 6.45) is 0. The normalized spacial score (nSPS) is 10.3. The summed E-state index contributed by atoms with van der Waals surface area (Å²) in [5, 5.41) is 11.0. The van der Waals surface area contributed by atoms with Crippen LogP contribution in [0, 0.1) is 11.3 Å². The van der Waals surface area contributed by atoms with E-state index in [9.17, 15) is 4.79 Å². The van der Waals surface area contributed by atoms with Crippen molar-refractivity contribution in [2.24, 2.45) is 0 Å². The number of nitrogens with one attached hydrogen (secondary N) is 1. The van der Waals surface area contributed by atoms with Crippen LogP contribution in [0.4, 0.5) is 0 Å². The second kappa shape index (κ2) is 4.43. The Bertz CT molecular complexity index is 851. The van der Waals surface area contributed by atoms with E-state index in [1.807, 2.05) is 48.5 Å². The Morgan fingerprint density at radius 1 is 0.947 bits per heavy atom. The fourth-order valence-electron chi connectivity index (χ4n) is 2.18. The monoisotopic (exact) mass is 246 g/mol. The summed E-state index contributed by atoms with van der Waals surface area (Å²) in [5.74, 6) is 0. The summed E-state index contributed by atoms with van der Waals surface area (Å²) >= 11 is 0. The highest BCUT2D eigenvalue weighted by Crippen LogP contribution is 2.26. The number of rotatable bonds is 1. The van der Waals surface area contributed by atoms with E-state index in [0.717, 1.165) is 22.0 Å². The quantitative estimate of drug-likeness (QED) is 0.717. The van der Waals surface area contributed by atoms with Crippen molar-refractivity contribution >= 4 is 10.8 Å². The number of aromatic nitrogens is 1. The van der Waals surface area contributed by atoms with Gasteiger partial charge in [0, 0.05) is 11.3 Å². The van der Waals surface area contributed by atoms with Crippen LogP contribution in [0.1, 0.15) is 5.56 Å². The molecule has 0 unspecified atom stereocenters. The number of aromatic amines is 1. The van der Waals surface area contributed by atoms with Gasteiger partial charge in [-0.15, -0.1) is 0 Å². The van der Waals surface area contributed by atoms with Gasteiger partial charge >= 0.3 is 0 Å². The van der Waals surface area contributed by atoms with E-state index in [0.29, 0.717) is 0 Å². The number of H-pyrrole nitrogens is 1. The molecule has 0 saturated heterocycles. The van der Waals surface area contributed by atoms with E-state index < -0.39 is 0 Å². The van der Waals surface area contributed by atoms with Gasteiger partial charge < -0.3 is 4.98 Å². The number of nitrogens with zero attached hydrogens (tertiary/aromatic N) is 1. The zero-order chi connectivity index (χ0) is 13.2. The van der Waals surface area contributed by atoms with Crippen molar-refractivity contribution in [2.45, 2.75) is 0 Å². The molecule has 19 heavy (non-hydrogen) atoms. The number of hydrogen-bond donors (Lipinski definition) is 1. The van der Waals surface area contributed by atoms with Gasteiger partial charge in [-0.1, -0.05) is 42.5 Å². The van der Waals surface area contributed by atoms with E-state index in [1.165, 1.54) is 0 Å². The Morgan fingerprint density at radius 3 is 2.53 bits per heavy atom. The molecule has 1 N–H and O–H groups in total. The Kier molecular flexibility index (Phi) is 2.62. The Morgan fingerprint density at radius 2 is 1.74 bits per heavy atom. The summed E-state index contributed by atoms with van der Waals surface area (Å²) in [4.78, 5) is 14.5. The molecule has 3 aromatic rings. The molecule has 3 nitrogen and oxygen atoms in total. The lowest BCUT2D eigenvalue weighted by Crippen LogP contribution is -2.10. The van der Waals surface area contributed by atoms with Gasteiger partial charge in [-0.3, -0.25) is 4.79 Å². The maximum Gasteiger partial charge on any atom is 0.266 e. The molecule has 0 saturated carbocycles. The van der Waals surface area contributed by atoms with Crippen molar-refractivity contribution in [1.82, 2.24) is 4.98 Å². The van der Waals surface area contributed by atoms with Crippen molar-refractivity contribution in [1.29, 1.82) is 5.26 Å². The van der Waals surface area contributed by atoms with Crippen LogP contribution in [0.15, 0.2) is 59.4 Å². The molecule has 0 aliphatic carbocycles. The summed E-state index contributed by atoms with van der Waals surface area (Å²) in [5.41, 5.74) is 1.46. The minimum absolute atomic E-state index is 0.129. The first-order valence-corrected chi connectivity index (χ1v) is 5.91. The van der Waals surface area contributed by atoms with E-state index in [2.05, 4.69) is 4.98 Å². The van der Waals surface area contributed by atoms with Gasteiger partial charge in [0.2, 0.25) is 0 Å². The van der Waals surface area contributed by atoms with Crippen LogP contribution in [0.5, 0.6) is 0 Å². The Balaban J connectivity index is 2.28. The Hall–Kier alpha value is -2.86. The smallest absolute Gasteiger partial charge is 0.266 e. The van der Waals surface area contributed by atoms with Crippen LogP contribution in [0.2, 0.25) is 0 Å². The first-order chi connectivity index (χ1) is 9.29. The molecule has 1 aromatic heterocycles. The summed E-state index contributed by atoms with van der Waals surface area (Å²) in [6, 6.07) is 19.1. The first-order valence-electron chi connectivity index (χ1n) is 5.91. The zero-order valence-corrected chi connectivity index (χ0v) is 10.1. The molecule has 3 heteroatoms. The largest absolute Gasteiger partial charge is 0.321 e. The molecular formula is C16H10N2O. The molecule has 0 atom stereocenters. The van der Waals surface area contributed by atoms with Gasteiger partial charge in [-0.2, -0.15) is 5.26 Å². The second-order valence-corrected chi connectivity index (χ2v) is 4.25. The van der Waals surface area contributed by atoms with Gasteiger partial charge in [0.05, 0.1) is 0 Å². The van der Waals surface area contributed by atoms with Crippen LogP contribution >= 0.6 is 0 Å². The molecule has 90 valence electrons. The number of pyridine rings is 1. The number of hydrogen-bond acceptors (Lipinski definition) is 2. The highest BCUT2D eigenvalue weighted by Gasteiger charge is 2.05. The third-order valence-corrected chi connectivity index (χ3v) is 3.11. The van der Waals surface area contributed by atoms with Gasteiger partial charge in [-0.25, -0.2) is 0 Å². The molecule has 1 heterocycles. The van der Waals surface area contributed by atoms with E-state index in [1.54, 1.807) is 12.1 Å². The van der Waals surface area contributed by atoms with Gasteiger partial charge in [0.25, 0.3) is 5.56 Å². The highest BCUT2D eigenvalue weighted by atomic mass is 16.1. The van der Waals surface area contributed by atoms with Crippen LogP contribution in [-0.2, 0) is 0 Å². The molecule has 0 radical (unpaired) electrons. The summed E-state index contributed by atoms with van der Waals surface area (Å²) < 4.78 is 0. The van der Waals surface area contributed by atoms with E-state index in [4.69, 9.17) is 5.26 Å². The molecule has 0 fully saturated rings. The predicted molar refractivity (Wildman–Crippen MR) is 74.7 cm³/mol. The Labute approximate surface area is 109 Å². The molecule has 3 rings (SSSR count). The molecule has 0 spiro atoms. The molecule has 0 aliphatic heterocycles. The molecular weight excluding hydrogens is 236 g/mol. The first kappa shape index (κ1) is 11.2. The minimum Gasteiger partial charge on any atom is -0.321 e. The van der Waals surface area contributed by atoms with Crippen molar-refractivity contribution in [3.63, 3.8) is 0 Å². The maximum atomic E-state index is 11.7. The van der Waals surface area contributed by atoms with Crippen LogP contribution in [-0.4, -0.2) is 4.98 Å². The van der Waals surface area contributed by atoms with Crippen molar-refractivity contribution in [2.75, 3.05) is 0 Å². The van der Waals surface area contributed by atoms with Crippen molar-refractivity contribution in [3.05, 3.63) is 70.5 Å². The summed E-state index contributed by atoms with van der Waals surface area (Å²) in [6.45, 7) is 0. The predicted octanol–water partition coefficient (Wildman–Crippen LogP) is 3.07.